The Morgan fingerprint density at radius 2 is 1.54 bits per heavy atom. The van der Waals surface area contributed by atoms with Crippen LogP contribution in [0.15, 0.2) is 54.9 Å². The van der Waals surface area contributed by atoms with Crippen LogP contribution in [0.25, 0.3) is 11.0 Å². The molecule has 4 fully saturated rings. The number of amides is 3. The summed E-state index contributed by atoms with van der Waals surface area (Å²) in [6.07, 6.45) is 9.11. The molecule has 1 atom stereocenters. The summed E-state index contributed by atoms with van der Waals surface area (Å²) in [5.41, 5.74) is 4.71. The van der Waals surface area contributed by atoms with Crippen LogP contribution >= 0.6 is 0 Å². The van der Waals surface area contributed by atoms with Gasteiger partial charge >= 0.3 is 0 Å². The Balaban J connectivity index is 0.803. The first kappa shape index (κ1) is 35.9. The van der Waals surface area contributed by atoms with Crippen molar-refractivity contribution in [2.45, 2.75) is 50.5 Å². The molecule has 8 rings (SSSR count). The molecule has 1 aromatic carbocycles. The lowest BCUT2D eigenvalue weighted by Gasteiger charge is -2.39. The van der Waals surface area contributed by atoms with Crippen LogP contribution in [0.4, 0.5) is 23.1 Å². The van der Waals surface area contributed by atoms with Gasteiger partial charge in [0.15, 0.2) is 0 Å². The minimum atomic E-state index is -0.254. The lowest BCUT2D eigenvalue weighted by Crippen LogP contribution is -2.51. The average molecular weight is 734 g/mol. The minimum absolute atomic E-state index is 0.0178. The number of carbonyl (C=O) groups is 3. The number of rotatable bonds is 10. The number of benzene rings is 1. The van der Waals surface area contributed by atoms with Gasteiger partial charge in [0.05, 0.1) is 17.8 Å². The van der Waals surface area contributed by atoms with Gasteiger partial charge in [-0.25, -0.2) is 9.97 Å². The molecule has 2 N–H and O–H groups in total. The highest BCUT2D eigenvalue weighted by atomic mass is 16.2. The van der Waals surface area contributed by atoms with Crippen LogP contribution in [0.1, 0.15) is 66.5 Å². The smallest absolute Gasteiger partial charge is 0.270 e. The Labute approximate surface area is 316 Å². The molecule has 3 aliphatic heterocycles. The number of hydrogen-bond donors (Lipinski definition) is 2. The molecule has 14 heteroatoms. The molecule has 3 aromatic heterocycles. The van der Waals surface area contributed by atoms with E-state index in [1.54, 1.807) is 25.2 Å². The van der Waals surface area contributed by atoms with Gasteiger partial charge in [0, 0.05) is 109 Å². The van der Waals surface area contributed by atoms with Crippen molar-refractivity contribution in [3.63, 3.8) is 0 Å². The second-order valence-electron chi connectivity index (χ2n) is 15.3. The van der Waals surface area contributed by atoms with Crippen LogP contribution in [-0.4, -0.2) is 131 Å². The lowest BCUT2D eigenvalue weighted by atomic mass is 9.90. The first-order chi connectivity index (χ1) is 26.3. The number of pyridine rings is 1. The Kier molecular flexibility index (Phi) is 10.5. The largest absolute Gasteiger partial charge is 0.369 e. The van der Waals surface area contributed by atoms with E-state index in [1.807, 2.05) is 30.5 Å². The van der Waals surface area contributed by atoms with E-state index in [0.29, 0.717) is 30.3 Å². The number of imide groups is 1. The Hall–Kier alpha value is -5.08. The van der Waals surface area contributed by atoms with E-state index < -0.39 is 0 Å². The van der Waals surface area contributed by atoms with Gasteiger partial charge in [0.25, 0.3) is 5.91 Å². The topological polar surface area (TPSA) is 135 Å². The molecule has 0 spiro atoms. The third-order valence-electron chi connectivity index (χ3n) is 11.6. The van der Waals surface area contributed by atoms with Gasteiger partial charge < -0.3 is 24.6 Å². The van der Waals surface area contributed by atoms with Gasteiger partial charge in [-0.15, -0.1) is 0 Å². The normalized spacial score (nSPS) is 20.4. The Bertz CT molecular complexity index is 1970. The van der Waals surface area contributed by atoms with Crippen LogP contribution in [0.2, 0.25) is 0 Å². The molecular formula is C40H51N11O3. The first-order valence-electron chi connectivity index (χ1n) is 19.5. The molecule has 3 amide bonds. The van der Waals surface area contributed by atoms with Crippen molar-refractivity contribution < 1.29 is 14.4 Å². The zero-order valence-corrected chi connectivity index (χ0v) is 31.4. The highest BCUT2D eigenvalue weighted by Gasteiger charge is 2.29. The molecular weight excluding hydrogens is 683 g/mol. The number of piperazine rings is 2. The summed E-state index contributed by atoms with van der Waals surface area (Å²) in [6, 6.07) is 14.6. The molecule has 1 unspecified atom stereocenters. The number of hydrogen-bond acceptors (Lipinski definition) is 11. The molecule has 4 aromatic rings. The van der Waals surface area contributed by atoms with Gasteiger partial charge in [0.2, 0.25) is 17.8 Å². The van der Waals surface area contributed by atoms with E-state index in [9.17, 15) is 14.4 Å². The van der Waals surface area contributed by atoms with Crippen LogP contribution in [0.3, 0.4) is 0 Å². The van der Waals surface area contributed by atoms with E-state index in [2.05, 4.69) is 58.0 Å². The summed E-state index contributed by atoms with van der Waals surface area (Å²) < 4.78 is 2.13. The minimum Gasteiger partial charge on any atom is -0.369 e. The monoisotopic (exact) mass is 733 g/mol. The second kappa shape index (κ2) is 15.7. The third kappa shape index (κ3) is 7.76. The van der Waals surface area contributed by atoms with E-state index in [0.717, 1.165) is 119 Å². The van der Waals surface area contributed by atoms with Gasteiger partial charge in [-0.05, 0) is 55.2 Å². The number of piperidine rings is 1. The Morgan fingerprint density at radius 1 is 0.833 bits per heavy atom. The zero-order chi connectivity index (χ0) is 37.2. The van der Waals surface area contributed by atoms with Gasteiger partial charge in [0.1, 0.15) is 17.2 Å². The molecule has 284 valence electrons. The van der Waals surface area contributed by atoms with Crippen molar-refractivity contribution in [3.05, 3.63) is 66.1 Å². The maximum absolute atomic E-state index is 13.1. The van der Waals surface area contributed by atoms with E-state index >= 15 is 0 Å². The highest BCUT2D eigenvalue weighted by Crippen LogP contribution is 2.35. The fraction of sp³-hybridized carbons (Fsp3) is 0.500. The zero-order valence-electron chi connectivity index (χ0n) is 31.4. The van der Waals surface area contributed by atoms with Crippen molar-refractivity contribution in [2.24, 2.45) is 0 Å². The molecule has 54 heavy (non-hydrogen) atoms. The molecule has 1 aliphatic carbocycles. The van der Waals surface area contributed by atoms with Gasteiger partial charge in [-0.2, -0.15) is 4.98 Å². The predicted molar refractivity (Wildman–Crippen MR) is 209 cm³/mol. The summed E-state index contributed by atoms with van der Waals surface area (Å²) in [4.78, 5) is 62.8. The highest BCUT2D eigenvalue weighted by molar-refractivity contribution is 6.01. The van der Waals surface area contributed by atoms with Crippen molar-refractivity contribution in [2.75, 3.05) is 94.7 Å². The summed E-state index contributed by atoms with van der Waals surface area (Å²) in [5, 5.41) is 6.65. The SMILES string of the molecule is CN(C)C(=O)c1cc2cnc(Nc3ccc(N4CCN(CCN5CCN(c6cccc(C7CCC(=O)NC7=O)c6)CC5)CC4)cn3)nc2n1C1CCCC1. The standard InChI is InChI=1S/C40H51N11O3/c1-46(2)39(54)34-25-29-26-42-40(45-37(29)51(34)30-7-3-4-8-30)43-35-12-10-32(27-41-35)50-22-18-48(19-23-50)15-14-47-16-20-49(21-17-47)31-9-5-6-28(24-31)33-11-13-36(52)44-38(33)53/h5-6,9-10,12,24-27,30,33H,3-4,7-8,11,13-23H2,1-2H3,(H,44,52,53)(H,41,42,43,45). The fourth-order valence-electron chi connectivity index (χ4n) is 8.45. The first-order valence-corrected chi connectivity index (χ1v) is 19.5. The Morgan fingerprint density at radius 3 is 2.19 bits per heavy atom. The van der Waals surface area contributed by atoms with Gasteiger partial charge in [-0.1, -0.05) is 25.0 Å². The number of fused-ring (bicyclic) bond motifs is 1. The van der Waals surface area contributed by atoms with Crippen LogP contribution < -0.4 is 20.4 Å². The van der Waals surface area contributed by atoms with E-state index in [1.165, 1.54) is 0 Å². The van der Waals surface area contributed by atoms with E-state index in [-0.39, 0.29) is 29.7 Å². The molecule has 3 saturated heterocycles. The molecule has 14 nitrogen and oxygen atoms in total. The molecule has 0 bridgehead atoms. The van der Waals surface area contributed by atoms with Crippen LogP contribution in [-0.2, 0) is 9.59 Å². The number of carbonyl (C=O) groups excluding carboxylic acids is 3. The summed E-state index contributed by atoms with van der Waals surface area (Å²) in [5.74, 6) is 0.523. The number of nitrogens with zero attached hydrogens (tertiary/aromatic N) is 9. The van der Waals surface area contributed by atoms with Gasteiger partial charge in [-0.3, -0.25) is 29.5 Å². The number of nitrogens with one attached hydrogen (secondary N) is 2. The molecule has 4 aliphatic rings. The van der Waals surface area contributed by atoms with Crippen molar-refractivity contribution in [1.82, 2.24) is 39.5 Å². The maximum atomic E-state index is 13.1. The lowest BCUT2D eigenvalue weighted by molar-refractivity contribution is -0.134. The van der Waals surface area contributed by atoms with Crippen LogP contribution in [0.5, 0.6) is 0 Å². The fourth-order valence-corrected chi connectivity index (χ4v) is 8.45. The molecule has 6 heterocycles. The number of aromatic nitrogens is 4. The number of anilines is 4. The van der Waals surface area contributed by atoms with Crippen molar-refractivity contribution in [3.8, 4) is 0 Å². The van der Waals surface area contributed by atoms with Crippen LogP contribution in [0, 0.1) is 0 Å². The summed E-state index contributed by atoms with van der Waals surface area (Å²) in [6.45, 7) is 9.98. The molecule has 1 saturated carbocycles. The molecule has 0 radical (unpaired) electrons. The maximum Gasteiger partial charge on any atom is 0.270 e. The second-order valence-corrected chi connectivity index (χ2v) is 15.3. The average Bonchev–Trinajstić information content (AvgIpc) is 3.86. The quantitative estimate of drug-likeness (QED) is 0.230. The van der Waals surface area contributed by atoms with E-state index in [4.69, 9.17) is 9.97 Å². The third-order valence-corrected chi connectivity index (χ3v) is 11.6. The van der Waals surface area contributed by atoms with Crippen molar-refractivity contribution in [1.29, 1.82) is 0 Å². The predicted octanol–water partition coefficient (Wildman–Crippen LogP) is 3.85. The van der Waals surface area contributed by atoms with Crippen molar-refractivity contribution >= 4 is 51.9 Å². The summed E-state index contributed by atoms with van der Waals surface area (Å²) in [7, 11) is 3.57. The summed E-state index contributed by atoms with van der Waals surface area (Å²) >= 11 is 0.